The molecule has 1 aromatic carbocycles. The summed E-state index contributed by atoms with van der Waals surface area (Å²) in [6, 6.07) is 2.78. The lowest BCUT2D eigenvalue weighted by Crippen LogP contribution is -2.48. The Hall–Kier alpha value is -1.17. The molecule has 0 fully saturated rings. The second-order valence-electron chi connectivity index (χ2n) is 3.28. The van der Waals surface area contributed by atoms with Gasteiger partial charge in [0.2, 0.25) is 0 Å². The maximum atomic E-state index is 13.6. The maximum Gasteiger partial charge on any atom is 0.270 e. The van der Waals surface area contributed by atoms with Crippen molar-refractivity contribution in [1.82, 2.24) is 0 Å². The molecule has 0 radical (unpaired) electrons. The van der Waals surface area contributed by atoms with Gasteiger partial charge in [-0.25, -0.2) is 4.39 Å². The first-order chi connectivity index (χ1) is 7.02. The number of hydrogen-bond donors (Lipinski definition) is 2. The van der Waals surface area contributed by atoms with Gasteiger partial charge in [-0.1, -0.05) is 11.6 Å². The van der Waals surface area contributed by atoms with E-state index in [1.807, 2.05) is 0 Å². The summed E-state index contributed by atoms with van der Waals surface area (Å²) in [6.45, 7) is 0. The molecule has 0 spiro atoms. The normalized spacial score (nSPS) is 25.3. The molecule has 3 N–H and O–H groups in total. The number of anilines is 1. The number of hydroxylamine groups is 1. The molecule has 15 heavy (non-hydrogen) atoms. The van der Waals surface area contributed by atoms with Gasteiger partial charge in [0.25, 0.3) is 5.91 Å². The second kappa shape index (κ2) is 3.44. The molecule has 6 heteroatoms. The summed E-state index contributed by atoms with van der Waals surface area (Å²) in [5.74, 6) is -0.864. The van der Waals surface area contributed by atoms with Crippen LogP contribution < -0.4 is 10.8 Å². The molecule has 1 aliphatic rings. The highest BCUT2D eigenvalue weighted by Crippen LogP contribution is 2.36. The van der Waals surface area contributed by atoms with Gasteiger partial charge >= 0.3 is 0 Å². The fourth-order valence-electron chi connectivity index (χ4n) is 1.52. The first kappa shape index (κ1) is 10.4. The molecule has 1 heterocycles. The molecule has 1 unspecified atom stereocenters. The smallest absolute Gasteiger partial charge is 0.270 e. The van der Waals surface area contributed by atoms with Crippen LogP contribution in [0.4, 0.5) is 10.1 Å². The molecule has 80 valence electrons. The maximum absolute atomic E-state index is 13.6. The van der Waals surface area contributed by atoms with E-state index in [9.17, 15) is 14.4 Å². The number of alkyl halides is 1. The quantitative estimate of drug-likeness (QED) is 0.663. The first-order valence-electron chi connectivity index (χ1n) is 4.24. The van der Waals surface area contributed by atoms with Crippen molar-refractivity contribution in [3.8, 4) is 0 Å². The van der Waals surface area contributed by atoms with Gasteiger partial charge in [-0.3, -0.25) is 10.0 Å². The minimum Gasteiger partial charge on any atom is -0.317 e. The molecule has 0 saturated heterocycles. The van der Waals surface area contributed by atoms with Crippen LogP contribution in [0, 0.1) is 0 Å². The lowest BCUT2D eigenvalue weighted by molar-refractivity contribution is -0.127. The van der Waals surface area contributed by atoms with Gasteiger partial charge in [0, 0.05) is 10.6 Å². The van der Waals surface area contributed by atoms with E-state index in [4.69, 9.17) is 17.3 Å². The molecule has 1 aromatic rings. The van der Waals surface area contributed by atoms with Crippen molar-refractivity contribution >= 4 is 23.2 Å². The zero-order chi connectivity index (χ0) is 11.2. The number of carbonyl (C=O) groups excluding carboxylic acids is 1. The van der Waals surface area contributed by atoms with Crippen molar-refractivity contribution in [3.63, 3.8) is 0 Å². The van der Waals surface area contributed by atoms with Crippen LogP contribution in [0.1, 0.15) is 11.7 Å². The Labute approximate surface area is 90.0 Å². The fraction of sp³-hybridized carbons (Fsp3) is 0.222. The number of benzene rings is 1. The number of rotatable bonds is 0. The number of carbonyl (C=O) groups is 1. The Balaban J connectivity index is 2.58. The molecule has 0 aliphatic carbocycles. The van der Waals surface area contributed by atoms with E-state index in [-0.39, 0.29) is 11.3 Å². The summed E-state index contributed by atoms with van der Waals surface area (Å²) in [5, 5.41) is 10.1. The lowest BCUT2D eigenvalue weighted by Gasteiger charge is -2.30. The van der Waals surface area contributed by atoms with E-state index in [0.717, 1.165) is 0 Å². The summed E-state index contributed by atoms with van der Waals surface area (Å²) in [4.78, 5) is 11.3. The summed E-state index contributed by atoms with van der Waals surface area (Å²) < 4.78 is 13.6. The topological polar surface area (TPSA) is 66.6 Å². The Bertz CT molecular complexity index is 427. The average Bonchev–Trinajstić information content (AvgIpc) is 2.23. The van der Waals surface area contributed by atoms with Gasteiger partial charge in [-0.2, -0.15) is 5.06 Å². The van der Waals surface area contributed by atoms with E-state index < -0.39 is 18.1 Å². The van der Waals surface area contributed by atoms with Gasteiger partial charge in [0.05, 0.1) is 5.69 Å². The molecule has 0 aromatic heterocycles. The third-order valence-electron chi connectivity index (χ3n) is 2.32. The van der Waals surface area contributed by atoms with Gasteiger partial charge in [0.1, 0.15) is 6.04 Å². The van der Waals surface area contributed by atoms with Crippen molar-refractivity contribution in [2.45, 2.75) is 12.2 Å². The predicted molar refractivity (Wildman–Crippen MR) is 52.5 cm³/mol. The molecular formula is C9H8ClFN2O2. The summed E-state index contributed by atoms with van der Waals surface area (Å²) >= 11 is 5.68. The van der Waals surface area contributed by atoms with E-state index >= 15 is 0 Å². The molecule has 2 atom stereocenters. The zero-order valence-electron chi connectivity index (χ0n) is 7.52. The third kappa shape index (κ3) is 1.49. The van der Waals surface area contributed by atoms with Gasteiger partial charge in [-0.15, -0.1) is 0 Å². The SMILES string of the molecule is N[C@H]1C(=O)N(O)c2ccc(Cl)cc2C1F. The minimum absolute atomic E-state index is 0.0820. The fourth-order valence-corrected chi connectivity index (χ4v) is 1.70. The highest BCUT2D eigenvalue weighted by atomic mass is 35.5. The second-order valence-corrected chi connectivity index (χ2v) is 3.72. The van der Waals surface area contributed by atoms with Gasteiger partial charge < -0.3 is 5.73 Å². The third-order valence-corrected chi connectivity index (χ3v) is 2.56. The molecule has 0 bridgehead atoms. The Kier molecular flexibility index (Phi) is 2.38. The predicted octanol–water partition coefficient (Wildman–Crippen LogP) is 1.41. The Morgan fingerprint density at radius 2 is 2.20 bits per heavy atom. The van der Waals surface area contributed by atoms with Crippen LogP contribution in [0.5, 0.6) is 0 Å². The lowest BCUT2D eigenvalue weighted by atomic mass is 9.97. The monoisotopic (exact) mass is 230 g/mol. The summed E-state index contributed by atoms with van der Waals surface area (Å²) in [7, 11) is 0. The number of amides is 1. The molecule has 0 saturated carbocycles. The van der Waals surface area contributed by atoms with E-state index in [1.54, 1.807) is 0 Å². The molecule has 2 rings (SSSR count). The average molecular weight is 231 g/mol. The number of nitrogens with zero attached hydrogens (tertiary/aromatic N) is 1. The van der Waals surface area contributed by atoms with Crippen LogP contribution in [0.3, 0.4) is 0 Å². The highest BCUT2D eigenvalue weighted by molar-refractivity contribution is 6.30. The molecular weight excluding hydrogens is 223 g/mol. The van der Waals surface area contributed by atoms with Crippen LogP contribution in [0.25, 0.3) is 0 Å². The van der Waals surface area contributed by atoms with Crippen molar-refractivity contribution < 1.29 is 14.4 Å². The molecule has 1 amide bonds. The largest absolute Gasteiger partial charge is 0.317 e. The summed E-state index contributed by atoms with van der Waals surface area (Å²) in [5.41, 5.74) is 5.51. The van der Waals surface area contributed by atoms with Crippen molar-refractivity contribution in [2.24, 2.45) is 5.73 Å². The van der Waals surface area contributed by atoms with Crippen molar-refractivity contribution in [3.05, 3.63) is 28.8 Å². The van der Waals surface area contributed by atoms with E-state index in [1.165, 1.54) is 18.2 Å². The van der Waals surface area contributed by atoms with E-state index in [0.29, 0.717) is 10.1 Å². The van der Waals surface area contributed by atoms with Crippen LogP contribution in [0.2, 0.25) is 5.02 Å². The van der Waals surface area contributed by atoms with E-state index in [2.05, 4.69) is 0 Å². The number of nitrogens with two attached hydrogens (primary N) is 1. The number of fused-ring (bicyclic) bond motifs is 1. The highest BCUT2D eigenvalue weighted by Gasteiger charge is 2.38. The van der Waals surface area contributed by atoms with Crippen LogP contribution >= 0.6 is 11.6 Å². The Morgan fingerprint density at radius 3 is 2.87 bits per heavy atom. The van der Waals surface area contributed by atoms with Crippen LogP contribution in [-0.4, -0.2) is 17.2 Å². The summed E-state index contributed by atoms with van der Waals surface area (Å²) in [6.07, 6.45) is -1.64. The van der Waals surface area contributed by atoms with Gasteiger partial charge in [0.15, 0.2) is 6.17 Å². The number of hydrogen-bond acceptors (Lipinski definition) is 3. The Morgan fingerprint density at radius 1 is 1.53 bits per heavy atom. The zero-order valence-corrected chi connectivity index (χ0v) is 8.28. The molecule has 1 aliphatic heterocycles. The van der Waals surface area contributed by atoms with Crippen molar-refractivity contribution in [1.29, 1.82) is 0 Å². The van der Waals surface area contributed by atoms with Crippen molar-refractivity contribution in [2.75, 3.05) is 5.06 Å². The first-order valence-corrected chi connectivity index (χ1v) is 4.62. The number of halogens is 2. The minimum atomic E-state index is -1.64. The molecule has 4 nitrogen and oxygen atoms in total. The van der Waals surface area contributed by atoms with Gasteiger partial charge in [-0.05, 0) is 18.2 Å². The standard InChI is InChI=1S/C9H8ClFN2O2/c10-4-1-2-6-5(3-4)7(11)8(12)9(14)13(6)15/h1-3,7-8,15H,12H2/t7?,8-/m1/s1. The van der Waals surface area contributed by atoms with Crippen LogP contribution in [-0.2, 0) is 4.79 Å². The van der Waals surface area contributed by atoms with Crippen LogP contribution in [0.15, 0.2) is 18.2 Å².